The number of hydrogen-bond donors (Lipinski definition) is 0. The van der Waals surface area contributed by atoms with E-state index in [9.17, 15) is 4.79 Å². The van der Waals surface area contributed by atoms with E-state index in [0.29, 0.717) is 12.0 Å². The summed E-state index contributed by atoms with van der Waals surface area (Å²) in [6.07, 6.45) is 0.554. The van der Waals surface area contributed by atoms with Gasteiger partial charge in [-0.3, -0.25) is 4.79 Å². The first kappa shape index (κ1) is 11.7. The molecule has 4 heteroatoms. The van der Waals surface area contributed by atoms with E-state index in [1.165, 1.54) is 7.11 Å². The van der Waals surface area contributed by atoms with E-state index < -0.39 is 0 Å². The van der Waals surface area contributed by atoms with E-state index in [0.717, 1.165) is 5.56 Å². The van der Waals surface area contributed by atoms with Crippen molar-refractivity contribution >= 4 is 21.9 Å². The van der Waals surface area contributed by atoms with Crippen LogP contribution in [0.1, 0.15) is 11.1 Å². The molecule has 0 aliphatic heterocycles. The van der Waals surface area contributed by atoms with Gasteiger partial charge in [-0.1, -0.05) is 28.1 Å². The summed E-state index contributed by atoms with van der Waals surface area (Å²) in [5.41, 5.74) is 1.60. The normalized spacial score (nSPS) is 11.5. The molecule has 15 heavy (non-hydrogen) atoms. The number of hydrogen-bond acceptors (Lipinski definition) is 3. The van der Waals surface area contributed by atoms with Gasteiger partial charge in [0, 0.05) is 0 Å². The molecule has 0 saturated heterocycles. The Labute approximate surface area is 96.8 Å². The predicted octanol–water partition coefficient (Wildman–Crippen LogP) is 2.04. The molecule has 1 atom stereocenters. The summed E-state index contributed by atoms with van der Waals surface area (Å²) in [7, 11) is 1.36. The number of nitriles is 1. The SMILES string of the molecule is COC(=O)C(Br)Cc1ccc(C#N)cc1. The number of carbonyl (C=O) groups excluding carboxylic acids is 1. The summed E-state index contributed by atoms with van der Waals surface area (Å²) in [5, 5.41) is 8.60. The molecule has 1 rings (SSSR count). The first-order valence-electron chi connectivity index (χ1n) is 4.38. The second-order valence-electron chi connectivity index (χ2n) is 3.00. The highest BCUT2D eigenvalue weighted by molar-refractivity contribution is 9.10. The maximum absolute atomic E-state index is 11.1. The van der Waals surface area contributed by atoms with Crippen LogP contribution in [0.2, 0.25) is 0 Å². The molecule has 78 valence electrons. The van der Waals surface area contributed by atoms with E-state index >= 15 is 0 Å². The van der Waals surface area contributed by atoms with Gasteiger partial charge in [-0.2, -0.15) is 5.26 Å². The van der Waals surface area contributed by atoms with E-state index in [2.05, 4.69) is 20.7 Å². The Morgan fingerprint density at radius 3 is 2.60 bits per heavy atom. The van der Waals surface area contributed by atoms with Crippen LogP contribution in [0, 0.1) is 11.3 Å². The Balaban J connectivity index is 2.66. The van der Waals surface area contributed by atoms with Crippen LogP contribution in [0.5, 0.6) is 0 Å². The van der Waals surface area contributed by atoms with Gasteiger partial charge >= 0.3 is 5.97 Å². The number of halogens is 1. The van der Waals surface area contributed by atoms with Crippen LogP contribution in [-0.2, 0) is 16.0 Å². The fourth-order valence-corrected chi connectivity index (χ4v) is 1.69. The van der Waals surface area contributed by atoms with E-state index in [4.69, 9.17) is 5.26 Å². The standard InChI is InChI=1S/C11H10BrNO2/c1-15-11(14)10(12)6-8-2-4-9(7-13)5-3-8/h2-5,10H,6H2,1H3. The van der Waals surface area contributed by atoms with Gasteiger partial charge in [-0.05, 0) is 24.1 Å². The molecule has 1 unspecified atom stereocenters. The average molecular weight is 268 g/mol. The molecule has 0 amide bonds. The maximum Gasteiger partial charge on any atom is 0.319 e. The number of benzene rings is 1. The predicted molar refractivity (Wildman–Crippen MR) is 59.6 cm³/mol. The van der Waals surface area contributed by atoms with Gasteiger partial charge in [0.1, 0.15) is 4.83 Å². The van der Waals surface area contributed by atoms with Crippen LogP contribution in [0.4, 0.5) is 0 Å². The topological polar surface area (TPSA) is 50.1 Å². The third kappa shape index (κ3) is 3.37. The zero-order chi connectivity index (χ0) is 11.3. The van der Waals surface area contributed by atoms with Gasteiger partial charge in [0.05, 0.1) is 18.7 Å². The number of nitrogens with zero attached hydrogens (tertiary/aromatic N) is 1. The average Bonchev–Trinajstić information content (AvgIpc) is 2.29. The molecule has 0 saturated carbocycles. The van der Waals surface area contributed by atoms with Crippen molar-refractivity contribution in [2.75, 3.05) is 7.11 Å². The molecule has 0 spiro atoms. The third-order valence-corrected chi connectivity index (χ3v) is 2.65. The zero-order valence-corrected chi connectivity index (χ0v) is 9.82. The van der Waals surface area contributed by atoms with Crippen LogP contribution in [0.25, 0.3) is 0 Å². The molecular weight excluding hydrogens is 258 g/mol. The van der Waals surface area contributed by atoms with Crippen molar-refractivity contribution in [3.05, 3.63) is 35.4 Å². The molecule has 0 heterocycles. The van der Waals surface area contributed by atoms with Crippen LogP contribution in [0.15, 0.2) is 24.3 Å². The molecule has 1 aromatic rings. The Kier molecular flexibility index (Phi) is 4.32. The first-order chi connectivity index (χ1) is 7.17. The minimum absolute atomic E-state index is 0.292. The number of carbonyl (C=O) groups is 1. The Morgan fingerprint density at radius 2 is 2.13 bits per heavy atom. The summed E-state index contributed by atoms with van der Waals surface area (Å²) in [6, 6.07) is 9.15. The summed E-state index contributed by atoms with van der Waals surface area (Å²) in [4.78, 5) is 10.8. The van der Waals surface area contributed by atoms with Crippen LogP contribution >= 0.6 is 15.9 Å². The van der Waals surface area contributed by atoms with Gasteiger partial charge in [-0.25, -0.2) is 0 Å². The summed E-state index contributed by atoms with van der Waals surface area (Å²) in [5.74, 6) is -0.292. The van der Waals surface area contributed by atoms with Crippen molar-refractivity contribution < 1.29 is 9.53 Å². The van der Waals surface area contributed by atoms with E-state index in [-0.39, 0.29) is 10.8 Å². The Hall–Kier alpha value is -1.34. The molecule has 0 aromatic heterocycles. The molecule has 0 radical (unpaired) electrons. The van der Waals surface area contributed by atoms with Crippen molar-refractivity contribution in [1.82, 2.24) is 0 Å². The quantitative estimate of drug-likeness (QED) is 0.622. The van der Waals surface area contributed by atoms with Crippen molar-refractivity contribution in [1.29, 1.82) is 5.26 Å². The van der Waals surface area contributed by atoms with E-state index in [1.807, 2.05) is 18.2 Å². The van der Waals surface area contributed by atoms with Crippen molar-refractivity contribution in [3.63, 3.8) is 0 Å². The second-order valence-corrected chi connectivity index (χ2v) is 4.11. The third-order valence-electron chi connectivity index (χ3n) is 1.95. The molecular formula is C11H10BrNO2. The molecule has 3 nitrogen and oxygen atoms in total. The molecule has 0 fully saturated rings. The van der Waals surface area contributed by atoms with Crippen molar-refractivity contribution in [2.45, 2.75) is 11.2 Å². The molecule has 0 aliphatic carbocycles. The van der Waals surface area contributed by atoms with Gasteiger partial charge in [0.15, 0.2) is 0 Å². The minimum Gasteiger partial charge on any atom is -0.468 e. The lowest BCUT2D eigenvalue weighted by Crippen LogP contribution is -2.17. The van der Waals surface area contributed by atoms with Gasteiger partial charge in [0.2, 0.25) is 0 Å². The van der Waals surface area contributed by atoms with Gasteiger partial charge < -0.3 is 4.74 Å². The minimum atomic E-state index is -0.338. The first-order valence-corrected chi connectivity index (χ1v) is 5.30. The highest BCUT2D eigenvalue weighted by Gasteiger charge is 2.15. The Bertz CT molecular complexity index is 381. The summed E-state index contributed by atoms with van der Waals surface area (Å²) >= 11 is 3.24. The van der Waals surface area contributed by atoms with Gasteiger partial charge in [0.25, 0.3) is 0 Å². The van der Waals surface area contributed by atoms with Crippen LogP contribution in [0.3, 0.4) is 0 Å². The maximum atomic E-state index is 11.1. The molecule has 0 bridgehead atoms. The molecule has 0 N–H and O–H groups in total. The largest absolute Gasteiger partial charge is 0.468 e. The number of rotatable bonds is 3. The van der Waals surface area contributed by atoms with Crippen LogP contribution in [-0.4, -0.2) is 17.9 Å². The lowest BCUT2D eigenvalue weighted by Gasteiger charge is -2.07. The Morgan fingerprint density at radius 1 is 1.53 bits per heavy atom. The number of methoxy groups -OCH3 is 1. The fourth-order valence-electron chi connectivity index (χ4n) is 1.13. The van der Waals surface area contributed by atoms with Crippen LogP contribution < -0.4 is 0 Å². The highest BCUT2D eigenvalue weighted by atomic mass is 79.9. The van der Waals surface area contributed by atoms with Crippen molar-refractivity contribution in [2.24, 2.45) is 0 Å². The smallest absolute Gasteiger partial charge is 0.319 e. The summed E-state index contributed by atoms with van der Waals surface area (Å²) in [6.45, 7) is 0. The highest BCUT2D eigenvalue weighted by Crippen LogP contribution is 2.12. The molecule has 1 aromatic carbocycles. The number of esters is 1. The lowest BCUT2D eigenvalue weighted by atomic mass is 10.1. The van der Waals surface area contributed by atoms with E-state index in [1.54, 1.807) is 12.1 Å². The number of ether oxygens (including phenoxy) is 1. The zero-order valence-electron chi connectivity index (χ0n) is 8.24. The summed E-state index contributed by atoms with van der Waals surface area (Å²) < 4.78 is 4.59. The number of alkyl halides is 1. The van der Waals surface area contributed by atoms with Crippen molar-refractivity contribution in [3.8, 4) is 6.07 Å². The lowest BCUT2D eigenvalue weighted by molar-refractivity contribution is -0.139. The molecule has 0 aliphatic rings. The monoisotopic (exact) mass is 267 g/mol. The fraction of sp³-hybridized carbons (Fsp3) is 0.273. The van der Waals surface area contributed by atoms with Gasteiger partial charge in [-0.15, -0.1) is 0 Å². The second kappa shape index (κ2) is 5.52.